The van der Waals surface area contributed by atoms with Crippen molar-refractivity contribution in [2.45, 2.75) is 46.1 Å². The fourth-order valence-corrected chi connectivity index (χ4v) is 4.67. The molecule has 0 spiro atoms. The Bertz CT molecular complexity index is 650. The van der Waals surface area contributed by atoms with E-state index in [1.807, 2.05) is 0 Å². The van der Waals surface area contributed by atoms with Gasteiger partial charge < -0.3 is 14.6 Å². The molecule has 1 heterocycles. The summed E-state index contributed by atoms with van der Waals surface area (Å²) in [5.74, 6) is 1.82. The first-order valence-electron chi connectivity index (χ1n) is 9.08. The van der Waals surface area contributed by atoms with E-state index in [0.717, 1.165) is 12.8 Å². The largest absolute Gasteiger partial charge is 0.368 e. The van der Waals surface area contributed by atoms with Crippen molar-refractivity contribution in [1.82, 2.24) is 9.78 Å². The van der Waals surface area contributed by atoms with Gasteiger partial charge in [-0.2, -0.15) is 5.10 Å². The lowest BCUT2D eigenvalue weighted by atomic mass is 9.75. The number of aryl methyl sites for hydroxylation is 1. The standard InChI is InChI=1S/C18H32N3O3P/c1-12(2)14-8-7-13(3)9-15(14)24-11-17(22)19-18-16(25(5,6)23)10-21(4)20-18/h10,12-15H,7-9,11H2,1-6H3,(H,19,20,22). The number of nitrogens with zero attached hydrogens (tertiary/aromatic N) is 2. The number of nitrogens with one attached hydrogen (secondary N) is 1. The van der Waals surface area contributed by atoms with Gasteiger partial charge in [-0.05, 0) is 43.9 Å². The lowest BCUT2D eigenvalue weighted by Gasteiger charge is -2.37. The fourth-order valence-electron chi connectivity index (χ4n) is 3.62. The Kier molecular flexibility index (Phi) is 6.50. The SMILES string of the molecule is CC1CCC(C(C)C)C(OCC(=O)Nc2nn(C)cc2P(C)(C)=O)C1. The molecule has 1 fully saturated rings. The molecule has 1 aromatic rings. The molecule has 0 aromatic carbocycles. The number of carbonyl (C=O) groups is 1. The smallest absolute Gasteiger partial charge is 0.251 e. The number of hydrogen-bond acceptors (Lipinski definition) is 4. The third-order valence-electron chi connectivity index (χ3n) is 5.04. The Morgan fingerprint density at radius 1 is 1.44 bits per heavy atom. The zero-order chi connectivity index (χ0) is 18.8. The summed E-state index contributed by atoms with van der Waals surface area (Å²) in [5, 5.41) is 7.58. The fraction of sp³-hybridized carbons (Fsp3) is 0.778. The zero-order valence-corrected chi connectivity index (χ0v) is 17.2. The third kappa shape index (κ3) is 5.42. The second-order valence-electron chi connectivity index (χ2n) is 8.11. The van der Waals surface area contributed by atoms with E-state index in [9.17, 15) is 9.36 Å². The molecule has 7 heteroatoms. The van der Waals surface area contributed by atoms with Crippen LogP contribution in [0.5, 0.6) is 0 Å². The molecule has 2 rings (SSSR count). The molecule has 1 aliphatic carbocycles. The maximum absolute atomic E-state index is 12.4. The first-order chi connectivity index (χ1) is 11.6. The number of rotatable bonds is 6. The number of anilines is 1. The van der Waals surface area contributed by atoms with Crippen LogP contribution in [0, 0.1) is 17.8 Å². The molecule has 0 aliphatic heterocycles. The van der Waals surface area contributed by atoms with Crippen LogP contribution >= 0.6 is 7.14 Å². The number of amides is 1. The summed E-state index contributed by atoms with van der Waals surface area (Å²) < 4.78 is 19.9. The molecule has 0 radical (unpaired) electrons. The zero-order valence-electron chi connectivity index (χ0n) is 16.3. The minimum absolute atomic E-state index is 0.00828. The van der Waals surface area contributed by atoms with Gasteiger partial charge in [-0.1, -0.05) is 27.2 Å². The maximum atomic E-state index is 12.4. The summed E-state index contributed by atoms with van der Waals surface area (Å²) in [6.07, 6.45) is 5.22. The van der Waals surface area contributed by atoms with Gasteiger partial charge in [0.05, 0.1) is 11.4 Å². The van der Waals surface area contributed by atoms with Gasteiger partial charge >= 0.3 is 0 Å². The summed E-state index contributed by atoms with van der Waals surface area (Å²) in [5.41, 5.74) is 0. The van der Waals surface area contributed by atoms with Crippen LogP contribution in [0.15, 0.2) is 6.20 Å². The van der Waals surface area contributed by atoms with Gasteiger partial charge in [0.2, 0.25) is 0 Å². The Balaban J connectivity index is 1.98. The van der Waals surface area contributed by atoms with E-state index in [0.29, 0.717) is 28.9 Å². The average molecular weight is 369 g/mol. The Hall–Kier alpha value is -1.13. The molecule has 142 valence electrons. The molecular formula is C18H32N3O3P. The highest BCUT2D eigenvalue weighted by Crippen LogP contribution is 2.37. The molecule has 1 amide bonds. The molecule has 0 saturated heterocycles. The van der Waals surface area contributed by atoms with Crippen molar-refractivity contribution in [2.75, 3.05) is 25.3 Å². The highest BCUT2D eigenvalue weighted by Gasteiger charge is 2.32. The van der Waals surface area contributed by atoms with Crippen LogP contribution in [0.4, 0.5) is 5.82 Å². The summed E-state index contributed by atoms with van der Waals surface area (Å²) >= 11 is 0. The van der Waals surface area contributed by atoms with E-state index in [1.54, 1.807) is 31.3 Å². The maximum Gasteiger partial charge on any atom is 0.251 e. The molecular weight excluding hydrogens is 337 g/mol. The van der Waals surface area contributed by atoms with Gasteiger partial charge in [-0.3, -0.25) is 9.48 Å². The number of carbonyl (C=O) groups excluding carboxylic acids is 1. The minimum atomic E-state index is -2.51. The number of aromatic nitrogens is 2. The van der Waals surface area contributed by atoms with E-state index >= 15 is 0 Å². The van der Waals surface area contributed by atoms with Crippen LogP contribution in [0.25, 0.3) is 0 Å². The van der Waals surface area contributed by atoms with Gasteiger partial charge in [0, 0.05) is 13.2 Å². The van der Waals surface area contributed by atoms with Crippen molar-refractivity contribution >= 4 is 24.2 Å². The highest BCUT2D eigenvalue weighted by atomic mass is 31.2. The quantitative estimate of drug-likeness (QED) is 0.782. The normalized spacial score (nSPS) is 24.5. The monoisotopic (exact) mass is 369 g/mol. The van der Waals surface area contributed by atoms with E-state index in [4.69, 9.17) is 4.74 Å². The van der Waals surface area contributed by atoms with E-state index in [1.165, 1.54) is 6.42 Å². The van der Waals surface area contributed by atoms with Crippen molar-refractivity contribution in [3.8, 4) is 0 Å². The van der Waals surface area contributed by atoms with Gasteiger partial charge in [-0.15, -0.1) is 0 Å². The van der Waals surface area contributed by atoms with Crippen molar-refractivity contribution in [3.05, 3.63) is 6.20 Å². The molecule has 1 N–H and O–H groups in total. The van der Waals surface area contributed by atoms with Gasteiger partial charge in [0.15, 0.2) is 5.82 Å². The Morgan fingerprint density at radius 2 is 2.12 bits per heavy atom. The Morgan fingerprint density at radius 3 is 2.72 bits per heavy atom. The molecule has 25 heavy (non-hydrogen) atoms. The average Bonchev–Trinajstić information content (AvgIpc) is 2.85. The second kappa shape index (κ2) is 8.05. The van der Waals surface area contributed by atoms with E-state index in [2.05, 4.69) is 31.2 Å². The van der Waals surface area contributed by atoms with Crippen molar-refractivity contribution in [1.29, 1.82) is 0 Å². The van der Waals surface area contributed by atoms with Crippen molar-refractivity contribution < 1.29 is 14.1 Å². The van der Waals surface area contributed by atoms with Crippen molar-refractivity contribution in [2.24, 2.45) is 24.8 Å². The topological polar surface area (TPSA) is 73.2 Å². The van der Waals surface area contributed by atoms with Crippen molar-refractivity contribution in [3.63, 3.8) is 0 Å². The van der Waals surface area contributed by atoms with Gasteiger partial charge in [0.25, 0.3) is 5.91 Å². The first-order valence-corrected chi connectivity index (χ1v) is 11.7. The minimum Gasteiger partial charge on any atom is -0.368 e. The van der Waals surface area contributed by atoms with Crippen LogP contribution in [-0.4, -0.2) is 41.7 Å². The summed E-state index contributed by atoms with van der Waals surface area (Å²) in [6.45, 7) is 10.0. The van der Waals surface area contributed by atoms with Crippen LogP contribution in [0.2, 0.25) is 0 Å². The molecule has 1 saturated carbocycles. The molecule has 3 unspecified atom stereocenters. The summed E-state index contributed by atoms with van der Waals surface area (Å²) in [6, 6.07) is 0. The molecule has 0 bridgehead atoms. The highest BCUT2D eigenvalue weighted by molar-refractivity contribution is 7.70. The Labute approximate surface area is 151 Å². The lowest BCUT2D eigenvalue weighted by molar-refractivity contribution is -0.126. The van der Waals surface area contributed by atoms with Crippen LogP contribution in [-0.2, 0) is 21.1 Å². The lowest BCUT2D eigenvalue weighted by Crippen LogP contribution is -2.36. The molecule has 3 atom stereocenters. The second-order valence-corrected chi connectivity index (χ2v) is 11.3. The summed E-state index contributed by atoms with van der Waals surface area (Å²) in [4.78, 5) is 12.3. The predicted molar refractivity (Wildman–Crippen MR) is 102 cm³/mol. The third-order valence-corrected chi connectivity index (χ3v) is 6.52. The van der Waals surface area contributed by atoms with Crippen LogP contribution in [0.3, 0.4) is 0 Å². The van der Waals surface area contributed by atoms with E-state index < -0.39 is 7.14 Å². The number of hydrogen-bond donors (Lipinski definition) is 1. The van der Waals surface area contributed by atoms with Crippen LogP contribution in [0.1, 0.15) is 40.0 Å². The van der Waals surface area contributed by atoms with Gasteiger partial charge in [-0.25, -0.2) is 0 Å². The van der Waals surface area contributed by atoms with Gasteiger partial charge in [0.1, 0.15) is 13.7 Å². The summed E-state index contributed by atoms with van der Waals surface area (Å²) in [7, 11) is -0.754. The predicted octanol–water partition coefficient (Wildman–Crippen LogP) is 3.08. The molecule has 1 aromatic heterocycles. The number of ether oxygens (including phenoxy) is 1. The van der Waals surface area contributed by atoms with Crippen LogP contribution < -0.4 is 10.6 Å². The van der Waals surface area contributed by atoms with E-state index in [-0.39, 0.29) is 18.6 Å². The first kappa shape index (κ1) is 20.2. The molecule has 6 nitrogen and oxygen atoms in total. The molecule has 1 aliphatic rings.